The summed E-state index contributed by atoms with van der Waals surface area (Å²) in [6.07, 6.45) is 14.1. The fraction of sp³-hybridized carbons (Fsp3) is 0.769. The minimum atomic E-state index is 0.319. The number of allylic oxidation sites excluding steroid dienone is 4. The highest BCUT2D eigenvalue weighted by Crippen LogP contribution is 2.44. The Labute approximate surface area is 174 Å². The second-order valence-electron chi connectivity index (χ2n) is 10.6. The zero-order valence-electron chi connectivity index (χ0n) is 19.7. The van der Waals surface area contributed by atoms with Crippen molar-refractivity contribution in [1.82, 2.24) is 0 Å². The Balaban J connectivity index is 0.000000280. The molecule has 2 aliphatic carbocycles. The zero-order chi connectivity index (χ0) is 21.5. The number of carbonyl (C=O) groups excluding carboxylic acids is 2. The number of hydrogen-bond acceptors (Lipinski definition) is 2. The monoisotopic (exact) mass is 388 g/mol. The van der Waals surface area contributed by atoms with Gasteiger partial charge in [0, 0.05) is 12.8 Å². The molecule has 160 valence electrons. The largest absolute Gasteiger partial charge is 0.300 e. The van der Waals surface area contributed by atoms with Gasteiger partial charge in [0.15, 0.2) is 0 Å². The molecule has 0 saturated carbocycles. The molecule has 0 aromatic carbocycles. The third-order valence-electron chi connectivity index (χ3n) is 7.06. The molecule has 28 heavy (non-hydrogen) atoms. The van der Waals surface area contributed by atoms with Crippen LogP contribution in [-0.2, 0) is 9.59 Å². The fourth-order valence-corrected chi connectivity index (χ4v) is 5.17. The molecule has 0 aromatic rings. The average Bonchev–Trinajstić information content (AvgIpc) is 2.52. The number of ketones is 2. The zero-order valence-corrected chi connectivity index (χ0v) is 19.7. The Morgan fingerprint density at radius 2 is 1.57 bits per heavy atom. The molecule has 0 bridgehead atoms. The first-order valence-electron chi connectivity index (χ1n) is 11.2. The summed E-state index contributed by atoms with van der Waals surface area (Å²) in [4.78, 5) is 22.0. The van der Waals surface area contributed by atoms with Gasteiger partial charge in [-0.05, 0) is 81.5 Å². The molecule has 0 saturated heterocycles. The van der Waals surface area contributed by atoms with Gasteiger partial charge in [-0.2, -0.15) is 0 Å². The van der Waals surface area contributed by atoms with Crippen LogP contribution in [0.4, 0.5) is 0 Å². The molecule has 0 aliphatic heterocycles. The van der Waals surface area contributed by atoms with Crippen LogP contribution in [0.2, 0.25) is 0 Å². The normalized spacial score (nSPS) is 28.0. The summed E-state index contributed by atoms with van der Waals surface area (Å²) < 4.78 is 0. The fourth-order valence-electron chi connectivity index (χ4n) is 5.17. The van der Waals surface area contributed by atoms with Crippen molar-refractivity contribution in [3.05, 3.63) is 23.8 Å². The van der Waals surface area contributed by atoms with E-state index in [1.54, 1.807) is 13.8 Å². The Morgan fingerprint density at radius 3 is 2.07 bits per heavy atom. The summed E-state index contributed by atoms with van der Waals surface area (Å²) in [5.74, 6) is 2.54. The van der Waals surface area contributed by atoms with Crippen molar-refractivity contribution in [3.8, 4) is 0 Å². The van der Waals surface area contributed by atoms with Gasteiger partial charge in [-0.3, -0.25) is 0 Å². The first kappa shape index (κ1) is 24.9. The maximum Gasteiger partial charge on any atom is 0.129 e. The van der Waals surface area contributed by atoms with Gasteiger partial charge < -0.3 is 9.59 Å². The molecule has 0 amide bonds. The molecule has 0 N–H and O–H groups in total. The van der Waals surface area contributed by atoms with Crippen LogP contribution in [0.5, 0.6) is 0 Å². The summed E-state index contributed by atoms with van der Waals surface area (Å²) in [6, 6.07) is 0. The SMILES string of the molecule is CC(=O)CCC1C(C)=CCCC1(C)C.CC(=O)CCC1C(C)C=CCC1(C)C. The van der Waals surface area contributed by atoms with Crippen LogP contribution in [0, 0.1) is 28.6 Å². The summed E-state index contributed by atoms with van der Waals surface area (Å²) in [6.45, 7) is 17.2. The molecule has 0 fully saturated rings. The topological polar surface area (TPSA) is 34.1 Å². The number of hydrogen-bond donors (Lipinski definition) is 0. The third kappa shape index (κ3) is 7.68. The van der Waals surface area contributed by atoms with Crippen LogP contribution < -0.4 is 0 Å². The Hall–Kier alpha value is -1.18. The molecular formula is C26H44O2. The second kappa shape index (κ2) is 10.6. The standard InChI is InChI=1S/2C13H22O/c2*1-10-6-5-9-13(3,4)12(10)8-7-11(2)14/h6,12H,5,7-9H2,1-4H3;5-6,10,12H,7-9H2,1-4H3. The van der Waals surface area contributed by atoms with Crippen molar-refractivity contribution in [3.63, 3.8) is 0 Å². The summed E-state index contributed by atoms with van der Waals surface area (Å²) >= 11 is 0. The van der Waals surface area contributed by atoms with E-state index in [0.717, 1.165) is 32.1 Å². The molecule has 0 heterocycles. The molecular weight excluding hydrogens is 344 g/mol. The summed E-state index contributed by atoms with van der Waals surface area (Å²) in [5.41, 5.74) is 2.24. The maximum absolute atomic E-state index is 11.0. The first-order valence-corrected chi connectivity index (χ1v) is 11.2. The predicted molar refractivity (Wildman–Crippen MR) is 120 cm³/mol. The van der Waals surface area contributed by atoms with Gasteiger partial charge in [-0.25, -0.2) is 0 Å². The molecule has 0 aromatic heterocycles. The molecule has 0 spiro atoms. The van der Waals surface area contributed by atoms with Crippen molar-refractivity contribution >= 4 is 11.6 Å². The maximum atomic E-state index is 11.0. The highest BCUT2D eigenvalue weighted by Gasteiger charge is 2.34. The van der Waals surface area contributed by atoms with E-state index >= 15 is 0 Å². The average molecular weight is 389 g/mol. The molecule has 2 nitrogen and oxygen atoms in total. The van der Waals surface area contributed by atoms with E-state index in [2.05, 4.69) is 59.8 Å². The van der Waals surface area contributed by atoms with Crippen LogP contribution in [0.15, 0.2) is 23.8 Å². The van der Waals surface area contributed by atoms with E-state index in [4.69, 9.17) is 0 Å². The molecule has 2 heteroatoms. The van der Waals surface area contributed by atoms with Gasteiger partial charge in [-0.1, -0.05) is 58.4 Å². The lowest BCUT2D eigenvalue weighted by molar-refractivity contribution is -0.118. The van der Waals surface area contributed by atoms with Crippen LogP contribution >= 0.6 is 0 Å². The van der Waals surface area contributed by atoms with Gasteiger partial charge in [-0.15, -0.1) is 0 Å². The third-order valence-corrected chi connectivity index (χ3v) is 7.06. The van der Waals surface area contributed by atoms with E-state index in [1.165, 1.54) is 18.4 Å². The highest BCUT2D eigenvalue weighted by atomic mass is 16.1. The molecule has 3 unspecified atom stereocenters. The molecule has 0 radical (unpaired) electrons. The van der Waals surface area contributed by atoms with E-state index in [0.29, 0.717) is 40.2 Å². The Bertz CT molecular complexity index is 590. The van der Waals surface area contributed by atoms with Crippen LogP contribution in [-0.4, -0.2) is 11.6 Å². The van der Waals surface area contributed by atoms with Crippen LogP contribution in [0.25, 0.3) is 0 Å². The van der Waals surface area contributed by atoms with E-state index in [1.807, 2.05) is 0 Å². The number of Topliss-reactive ketones (excluding diaryl/α,β-unsaturated/α-hetero) is 2. The summed E-state index contributed by atoms with van der Waals surface area (Å²) in [5, 5.41) is 0. The van der Waals surface area contributed by atoms with Crippen molar-refractivity contribution in [1.29, 1.82) is 0 Å². The quantitative estimate of drug-likeness (QED) is 0.446. The van der Waals surface area contributed by atoms with Gasteiger partial charge in [0.2, 0.25) is 0 Å². The van der Waals surface area contributed by atoms with Crippen molar-refractivity contribution in [2.24, 2.45) is 28.6 Å². The highest BCUT2D eigenvalue weighted by molar-refractivity contribution is 5.75. The lowest BCUT2D eigenvalue weighted by atomic mass is 9.65. The molecule has 3 atom stereocenters. The lowest BCUT2D eigenvalue weighted by Gasteiger charge is -2.40. The van der Waals surface area contributed by atoms with Crippen molar-refractivity contribution < 1.29 is 9.59 Å². The number of carbonyl (C=O) groups is 2. The molecule has 2 rings (SSSR count). The summed E-state index contributed by atoms with van der Waals surface area (Å²) in [7, 11) is 0. The number of rotatable bonds is 6. The van der Waals surface area contributed by atoms with Gasteiger partial charge in [0.1, 0.15) is 11.6 Å². The second-order valence-corrected chi connectivity index (χ2v) is 10.6. The predicted octanol–water partition coefficient (Wildman–Crippen LogP) is 7.33. The lowest BCUT2D eigenvalue weighted by Crippen LogP contribution is -2.31. The molecule has 2 aliphatic rings. The Kier molecular flexibility index (Phi) is 9.37. The van der Waals surface area contributed by atoms with Gasteiger partial charge in [0.25, 0.3) is 0 Å². The van der Waals surface area contributed by atoms with Crippen LogP contribution in [0.1, 0.15) is 100 Å². The minimum Gasteiger partial charge on any atom is -0.300 e. The smallest absolute Gasteiger partial charge is 0.129 e. The van der Waals surface area contributed by atoms with Crippen molar-refractivity contribution in [2.45, 2.75) is 100 Å². The van der Waals surface area contributed by atoms with E-state index < -0.39 is 0 Å². The van der Waals surface area contributed by atoms with Crippen molar-refractivity contribution in [2.75, 3.05) is 0 Å². The van der Waals surface area contributed by atoms with Crippen LogP contribution in [0.3, 0.4) is 0 Å². The van der Waals surface area contributed by atoms with Gasteiger partial charge in [0.05, 0.1) is 0 Å². The minimum absolute atomic E-state index is 0.319. The van der Waals surface area contributed by atoms with E-state index in [9.17, 15) is 9.59 Å². The Morgan fingerprint density at radius 1 is 1.00 bits per heavy atom. The van der Waals surface area contributed by atoms with Gasteiger partial charge >= 0.3 is 0 Å². The van der Waals surface area contributed by atoms with E-state index in [-0.39, 0.29) is 0 Å². The first-order chi connectivity index (χ1) is 12.9.